The van der Waals surface area contributed by atoms with Crippen molar-refractivity contribution in [3.05, 3.63) is 54.4 Å². The SMILES string of the molecule is C=C(C)c1ncc(Cc2ccncc2)[nH]1. The molecule has 0 aliphatic heterocycles. The Morgan fingerprint density at radius 3 is 2.73 bits per heavy atom. The number of nitrogens with zero attached hydrogens (tertiary/aromatic N) is 2. The summed E-state index contributed by atoms with van der Waals surface area (Å²) in [6.07, 6.45) is 6.30. The van der Waals surface area contributed by atoms with Crippen LogP contribution in [0.25, 0.3) is 5.57 Å². The molecule has 2 aromatic rings. The van der Waals surface area contributed by atoms with Crippen molar-refractivity contribution in [1.29, 1.82) is 0 Å². The number of nitrogens with one attached hydrogen (secondary N) is 1. The summed E-state index contributed by atoms with van der Waals surface area (Å²) in [6.45, 7) is 5.78. The van der Waals surface area contributed by atoms with Crippen LogP contribution in [0, 0.1) is 0 Å². The molecule has 0 amide bonds. The molecule has 3 nitrogen and oxygen atoms in total. The number of H-pyrrole nitrogens is 1. The number of imidazole rings is 1. The topological polar surface area (TPSA) is 41.6 Å². The minimum Gasteiger partial charge on any atom is -0.342 e. The highest BCUT2D eigenvalue weighted by Crippen LogP contribution is 2.10. The molecular weight excluding hydrogens is 186 g/mol. The lowest BCUT2D eigenvalue weighted by Gasteiger charge is -1.97. The molecule has 0 bridgehead atoms. The first kappa shape index (κ1) is 9.65. The second-order valence-corrected chi connectivity index (χ2v) is 3.57. The van der Waals surface area contributed by atoms with E-state index in [9.17, 15) is 0 Å². The van der Waals surface area contributed by atoms with Crippen LogP contribution in [0.5, 0.6) is 0 Å². The van der Waals surface area contributed by atoms with Crippen molar-refractivity contribution >= 4 is 5.57 Å². The van der Waals surface area contributed by atoms with Gasteiger partial charge in [0.15, 0.2) is 0 Å². The molecular formula is C12H13N3. The molecule has 2 heterocycles. The van der Waals surface area contributed by atoms with E-state index < -0.39 is 0 Å². The van der Waals surface area contributed by atoms with Crippen molar-refractivity contribution in [1.82, 2.24) is 15.0 Å². The number of aromatic amines is 1. The van der Waals surface area contributed by atoms with E-state index in [4.69, 9.17) is 0 Å². The lowest BCUT2D eigenvalue weighted by molar-refractivity contribution is 1.08. The van der Waals surface area contributed by atoms with Gasteiger partial charge in [0.1, 0.15) is 5.82 Å². The quantitative estimate of drug-likeness (QED) is 0.824. The second kappa shape index (κ2) is 4.09. The number of aromatic nitrogens is 3. The van der Waals surface area contributed by atoms with Gasteiger partial charge in [-0.2, -0.15) is 0 Å². The van der Waals surface area contributed by atoms with E-state index in [2.05, 4.69) is 21.5 Å². The summed E-state index contributed by atoms with van der Waals surface area (Å²) in [7, 11) is 0. The number of hydrogen-bond acceptors (Lipinski definition) is 2. The molecule has 0 saturated carbocycles. The molecule has 2 rings (SSSR count). The van der Waals surface area contributed by atoms with Crippen LogP contribution in [0.15, 0.2) is 37.3 Å². The van der Waals surface area contributed by atoms with E-state index in [-0.39, 0.29) is 0 Å². The highest BCUT2D eigenvalue weighted by Gasteiger charge is 2.01. The van der Waals surface area contributed by atoms with Crippen LogP contribution in [0.3, 0.4) is 0 Å². The van der Waals surface area contributed by atoms with Gasteiger partial charge in [-0.25, -0.2) is 4.98 Å². The van der Waals surface area contributed by atoms with Crippen LogP contribution >= 0.6 is 0 Å². The average molecular weight is 199 g/mol. The molecule has 0 radical (unpaired) electrons. The van der Waals surface area contributed by atoms with Gasteiger partial charge in [-0.05, 0) is 30.2 Å². The summed E-state index contributed by atoms with van der Waals surface area (Å²) < 4.78 is 0. The first-order valence-corrected chi connectivity index (χ1v) is 4.84. The zero-order chi connectivity index (χ0) is 10.7. The van der Waals surface area contributed by atoms with Gasteiger partial charge in [-0.3, -0.25) is 4.98 Å². The van der Waals surface area contributed by atoms with Gasteiger partial charge in [0, 0.05) is 30.7 Å². The summed E-state index contributed by atoms with van der Waals surface area (Å²) in [6, 6.07) is 4.00. The Hall–Kier alpha value is -1.90. The average Bonchev–Trinajstić information content (AvgIpc) is 2.68. The largest absolute Gasteiger partial charge is 0.342 e. The summed E-state index contributed by atoms with van der Waals surface area (Å²) in [5.74, 6) is 0.860. The van der Waals surface area contributed by atoms with Crippen molar-refractivity contribution in [2.24, 2.45) is 0 Å². The maximum Gasteiger partial charge on any atom is 0.132 e. The van der Waals surface area contributed by atoms with Crippen LogP contribution in [0.4, 0.5) is 0 Å². The molecule has 0 aliphatic carbocycles. The third-order valence-electron chi connectivity index (χ3n) is 2.18. The lowest BCUT2D eigenvalue weighted by atomic mass is 10.1. The fraction of sp³-hybridized carbons (Fsp3) is 0.167. The molecule has 1 N–H and O–H groups in total. The predicted molar refractivity (Wildman–Crippen MR) is 60.3 cm³/mol. The molecule has 0 spiro atoms. The van der Waals surface area contributed by atoms with Crippen molar-refractivity contribution in [2.45, 2.75) is 13.3 Å². The van der Waals surface area contributed by atoms with Crippen LogP contribution in [0.2, 0.25) is 0 Å². The maximum atomic E-state index is 4.24. The van der Waals surface area contributed by atoms with E-state index in [0.717, 1.165) is 23.5 Å². The van der Waals surface area contributed by atoms with Crippen molar-refractivity contribution < 1.29 is 0 Å². The summed E-state index contributed by atoms with van der Waals surface area (Å²) in [5.41, 5.74) is 3.28. The second-order valence-electron chi connectivity index (χ2n) is 3.57. The molecule has 76 valence electrons. The zero-order valence-corrected chi connectivity index (χ0v) is 8.70. The Morgan fingerprint density at radius 2 is 2.13 bits per heavy atom. The highest BCUT2D eigenvalue weighted by atomic mass is 14.9. The van der Waals surface area contributed by atoms with Gasteiger partial charge in [-0.15, -0.1) is 0 Å². The molecule has 0 aliphatic rings. The Bertz CT molecular complexity index is 457. The number of hydrogen-bond donors (Lipinski definition) is 1. The van der Waals surface area contributed by atoms with Gasteiger partial charge in [0.2, 0.25) is 0 Å². The fourth-order valence-electron chi connectivity index (χ4n) is 1.39. The van der Waals surface area contributed by atoms with Gasteiger partial charge in [0.05, 0.1) is 0 Å². The van der Waals surface area contributed by atoms with Gasteiger partial charge in [-0.1, -0.05) is 6.58 Å². The normalized spacial score (nSPS) is 10.2. The molecule has 2 aromatic heterocycles. The Kier molecular flexibility index (Phi) is 2.63. The summed E-state index contributed by atoms with van der Waals surface area (Å²) >= 11 is 0. The van der Waals surface area contributed by atoms with Crippen LogP contribution < -0.4 is 0 Å². The molecule has 0 saturated heterocycles. The molecule has 0 unspecified atom stereocenters. The maximum absolute atomic E-state index is 4.24. The van der Waals surface area contributed by atoms with Crippen molar-refractivity contribution in [2.75, 3.05) is 0 Å². The van der Waals surface area contributed by atoms with Crippen LogP contribution in [-0.2, 0) is 6.42 Å². The minimum absolute atomic E-state index is 0.850. The summed E-state index contributed by atoms with van der Waals surface area (Å²) in [4.78, 5) is 11.5. The van der Waals surface area contributed by atoms with E-state index in [1.807, 2.05) is 25.3 Å². The Labute approximate surface area is 88.9 Å². The smallest absolute Gasteiger partial charge is 0.132 e. The van der Waals surface area contributed by atoms with E-state index >= 15 is 0 Å². The summed E-state index contributed by atoms with van der Waals surface area (Å²) in [5, 5.41) is 0. The number of allylic oxidation sites excluding steroid dienone is 1. The number of pyridine rings is 1. The van der Waals surface area contributed by atoms with E-state index in [1.54, 1.807) is 12.4 Å². The third-order valence-corrected chi connectivity index (χ3v) is 2.18. The van der Waals surface area contributed by atoms with Crippen molar-refractivity contribution in [3.8, 4) is 0 Å². The zero-order valence-electron chi connectivity index (χ0n) is 8.70. The Morgan fingerprint density at radius 1 is 1.40 bits per heavy atom. The van der Waals surface area contributed by atoms with E-state index in [1.165, 1.54) is 5.56 Å². The van der Waals surface area contributed by atoms with Crippen molar-refractivity contribution in [3.63, 3.8) is 0 Å². The van der Waals surface area contributed by atoms with Gasteiger partial charge in [0.25, 0.3) is 0 Å². The van der Waals surface area contributed by atoms with Gasteiger partial charge >= 0.3 is 0 Å². The van der Waals surface area contributed by atoms with Gasteiger partial charge < -0.3 is 4.98 Å². The number of rotatable bonds is 3. The molecule has 0 aromatic carbocycles. The predicted octanol–water partition coefficient (Wildman–Crippen LogP) is 2.43. The van der Waals surface area contributed by atoms with Crippen LogP contribution in [0.1, 0.15) is 24.0 Å². The van der Waals surface area contributed by atoms with Crippen LogP contribution in [-0.4, -0.2) is 15.0 Å². The van der Waals surface area contributed by atoms with E-state index in [0.29, 0.717) is 0 Å². The first-order chi connectivity index (χ1) is 7.25. The lowest BCUT2D eigenvalue weighted by Crippen LogP contribution is -1.89. The fourth-order valence-corrected chi connectivity index (χ4v) is 1.39. The molecule has 3 heteroatoms. The molecule has 0 fully saturated rings. The molecule has 15 heavy (non-hydrogen) atoms. The molecule has 0 atom stereocenters. The third kappa shape index (κ3) is 2.31. The minimum atomic E-state index is 0.850. The Balaban J connectivity index is 2.15. The highest BCUT2D eigenvalue weighted by molar-refractivity contribution is 5.54. The standard InChI is InChI=1S/C12H13N3/c1-9(2)12-14-8-11(15-12)7-10-3-5-13-6-4-10/h3-6,8H,1,7H2,2H3,(H,14,15). The first-order valence-electron chi connectivity index (χ1n) is 4.84. The monoisotopic (exact) mass is 199 g/mol.